The molecular formula is C25H19N5O. The number of hydrogen-bond donors (Lipinski definition) is 2. The fourth-order valence-electron chi connectivity index (χ4n) is 3.80. The van der Waals surface area contributed by atoms with Crippen molar-refractivity contribution in [1.29, 1.82) is 0 Å². The van der Waals surface area contributed by atoms with E-state index < -0.39 is 0 Å². The zero-order valence-electron chi connectivity index (χ0n) is 16.9. The van der Waals surface area contributed by atoms with Gasteiger partial charge in [0, 0.05) is 30.1 Å². The second-order valence-electron chi connectivity index (χ2n) is 7.27. The second kappa shape index (κ2) is 7.56. The molecular weight excluding hydrogens is 386 g/mol. The molecule has 0 saturated carbocycles. The molecule has 0 amide bonds. The molecule has 0 aliphatic carbocycles. The van der Waals surface area contributed by atoms with E-state index in [1.807, 2.05) is 43.4 Å². The molecule has 150 valence electrons. The third-order valence-electron chi connectivity index (χ3n) is 5.42. The Morgan fingerprint density at radius 2 is 1.84 bits per heavy atom. The van der Waals surface area contributed by atoms with Gasteiger partial charge in [-0.25, -0.2) is 5.10 Å². The average molecular weight is 405 g/mol. The number of nitrogens with one attached hydrogen (secondary N) is 1. The SMILES string of the molecule is Cn1ncc(-c2ccc3c(=O)[nH]nc(CN)c3c2)c1C#Cc1cccc2ccccc12. The van der Waals surface area contributed by atoms with Crippen LogP contribution in [0.5, 0.6) is 0 Å². The monoisotopic (exact) mass is 405 g/mol. The highest BCUT2D eigenvalue weighted by atomic mass is 16.1. The summed E-state index contributed by atoms with van der Waals surface area (Å²) >= 11 is 0. The molecule has 0 unspecified atom stereocenters. The molecule has 6 nitrogen and oxygen atoms in total. The molecule has 0 aliphatic rings. The van der Waals surface area contributed by atoms with Gasteiger partial charge in [-0.3, -0.25) is 9.48 Å². The Bertz CT molecular complexity index is 1560. The molecule has 0 bridgehead atoms. The third-order valence-corrected chi connectivity index (χ3v) is 5.42. The molecule has 0 aliphatic heterocycles. The molecule has 3 N–H and O–H groups in total. The average Bonchev–Trinajstić information content (AvgIpc) is 3.18. The fraction of sp³-hybridized carbons (Fsp3) is 0.0800. The number of aromatic nitrogens is 4. The quantitative estimate of drug-likeness (QED) is 0.441. The Balaban J connectivity index is 1.65. The van der Waals surface area contributed by atoms with E-state index in [1.165, 1.54) is 0 Å². The number of nitrogens with two attached hydrogens (primary N) is 1. The van der Waals surface area contributed by atoms with Crippen molar-refractivity contribution in [2.45, 2.75) is 6.54 Å². The predicted octanol–water partition coefficient (Wildman–Crippen LogP) is 3.34. The van der Waals surface area contributed by atoms with Gasteiger partial charge in [0.15, 0.2) is 0 Å². The number of fused-ring (bicyclic) bond motifs is 2. The van der Waals surface area contributed by atoms with Gasteiger partial charge < -0.3 is 5.73 Å². The van der Waals surface area contributed by atoms with Crippen LogP contribution >= 0.6 is 0 Å². The summed E-state index contributed by atoms with van der Waals surface area (Å²) in [6, 6.07) is 19.9. The number of H-pyrrole nitrogens is 1. The fourth-order valence-corrected chi connectivity index (χ4v) is 3.80. The molecule has 0 saturated heterocycles. The number of aryl methyl sites for hydroxylation is 1. The van der Waals surface area contributed by atoms with Crippen molar-refractivity contribution in [2.24, 2.45) is 12.8 Å². The molecule has 2 aromatic heterocycles. The van der Waals surface area contributed by atoms with Crippen molar-refractivity contribution in [3.63, 3.8) is 0 Å². The lowest BCUT2D eigenvalue weighted by molar-refractivity contribution is 0.758. The Hall–Kier alpha value is -4.21. The van der Waals surface area contributed by atoms with Crippen molar-refractivity contribution in [2.75, 3.05) is 0 Å². The van der Waals surface area contributed by atoms with Crippen molar-refractivity contribution in [3.8, 4) is 23.0 Å². The van der Waals surface area contributed by atoms with Crippen molar-refractivity contribution < 1.29 is 0 Å². The maximum atomic E-state index is 12.1. The number of rotatable bonds is 2. The summed E-state index contributed by atoms with van der Waals surface area (Å²) in [5.41, 5.74) is 9.78. The van der Waals surface area contributed by atoms with Crippen molar-refractivity contribution in [3.05, 3.63) is 94.2 Å². The maximum absolute atomic E-state index is 12.1. The minimum atomic E-state index is -0.235. The number of aromatic amines is 1. The van der Waals surface area contributed by atoms with Crippen LogP contribution in [0.2, 0.25) is 0 Å². The van der Waals surface area contributed by atoms with Crippen LogP contribution in [0.4, 0.5) is 0 Å². The first-order valence-corrected chi connectivity index (χ1v) is 9.89. The van der Waals surface area contributed by atoms with Gasteiger partial charge in [0.25, 0.3) is 5.56 Å². The first-order chi connectivity index (χ1) is 15.2. The number of nitrogens with zero attached hydrogens (tertiary/aromatic N) is 3. The van der Waals surface area contributed by atoms with E-state index in [2.05, 4.69) is 45.3 Å². The third kappa shape index (κ3) is 3.27. The van der Waals surface area contributed by atoms with Gasteiger partial charge in [-0.05, 0) is 40.5 Å². The Labute approximate surface area is 178 Å². The lowest BCUT2D eigenvalue weighted by Gasteiger charge is -2.06. The maximum Gasteiger partial charge on any atom is 0.272 e. The van der Waals surface area contributed by atoms with Gasteiger partial charge in [0.1, 0.15) is 5.69 Å². The Morgan fingerprint density at radius 3 is 2.71 bits per heavy atom. The van der Waals surface area contributed by atoms with Crippen LogP contribution in [0.25, 0.3) is 32.7 Å². The first kappa shape index (κ1) is 18.8. The summed E-state index contributed by atoms with van der Waals surface area (Å²) in [5.74, 6) is 6.61. The van der Waals surface area contributed by atoms with E-state index in [1.54, 1.807) is 16.9 Å². The normalized spacial score (nSPS) is 10.9. The van der Waals surface area contributed by atoms with Crippen LogP contribution in [0.15, 0.2) is 71.7 Å². The smallest absolute Gasteiger partial charge is 0.272 e. The summed E-state index contributed by atoms with van der Waals surface area (Å²) in [7, 11) is 1.87. The highest BCUT2D eigenvalue weighted by Gasteiger charge is 2.12. The Kier molecular flexibility index (Phi) is 4.58. The summed E-state index contributed by atoms with van der Waals surface area (Å²) in [4.78, 5) is 12.1. The molecule has 0 fully saturated rings. The lowest BCUT2D eigenvalue weighted by atomic mass is 10.0. The lowest BCUT2D eigenvalue weighted by Crippen LogP contribution is -2.13. The topological polar surface area (TPSA) is 89.6 Å². The zero-order chi connectivity index (χ0) is 21.4. The van der Waals surface area contributed by atoms with E-state index in [4.69, 9.17) is 5.73 Å². The van der Waals surface area contributed by atoms with Crippen molar-refractivity contribution >= 4 is 21.5 Å². The highest BCUT2D eigenvalue weighted by Crippen LogP contribution is 2.27. The largest absolute Gasteiger partial charge is 0.325 e. The summed E-state index contributed by atoms with van der Waals surface area (Å²) in [6.45, 7) is 0.234. The molecule has 0 atom stereocenters. The highest BCUT2D eigenvalue weighted by molar-refractivity contribution is 5.90. The van der Waals surface area contributed by atoms with E-state index in [0.29, 0.717) is 11.1 Å². The number of hydrogen-bond acceptors (Lipinski definition) is 4. The standard InChI is InChI=1S/C25H19N5O/c1-30-24(12-10-17-7-4-6-16-5-2-3-8-19(16)17)22(15-27-30)18-9-11-20-21(13-18)23(14-26)28-29-25(20)31/h2-9,11,13,15H,14,26H2,1H3,(H,29,31). The van der Waals surface area contributed by atoms with Crippen molar-refractivity contribution in [1.82, 2.24) is 20.0 Å². The van der Waals surface area contributed by atoms with E-state index in [9.17, 15) is 4.79 Å². The van der Waals surface area contributed by atoms with Crippen LogP contribution in [-0.2, 0) is 13.6 Å². The van der Waals surface area contributed by atoms with Crippen LogP contribution in [0.3, 0.4) is 0 Å². The van der Waals surface area contributed by atoms with Crippen LogP contribution in [-0.4, -0.2) is 20.0 Å². The van der Waals surface area contributed by atoms with Gasteiger partial charge >= 0.3 is 0 Å². The van der Waals surface area contributed by atoms with Gasteiger partial charge in [-0.2, -0.15) is 10.2 Å². The van der Waals surface area contributed by atoms with Gasteiger partial charge in [-0.15, -0.1) is 0 Å². The molecule has 31 heavy (non-hydrogen) atoms. The molecule has 6 heteroatoms. The molecule has 0 radical (unpaired) electrons. The van der Waals surface area contributed by atoms with E-state index >= 15 is 0 Å². The van der Waals surface area contributed by atoms with E-state index in [0.717, 1.165) is 38.5 Å². The summed E-state index contributed by atoms with van der Waals surface area (Å²) < 4.78 is 1.76. The molecule has 3 aromatic carbocycles. The molecule has 0 spiro atoms. The first-order valence-electron chi connectivity index (χ1n) is 9.89. The Morgan fingerprint density at radius 1 is 1.00 bits per heavy atom. The van der Waals surface area contributed by atoms with Crippen LogP contribution in [0.1, 0.15) is 17.0 Å². The summed E-state index contributed by atoms with van der Waals surface area (Å²) in [6.07, 6.45) is 1.79. The number of benzene rings is 3. The second-order valence-corrected chi connectivity index (χ2v) is 7.27. The molecule has 5 aromatic rings. The predicted molar refractivity (Wildman–Crippen MR) is 122 cm³/mol. The molecule has 5 rings (SSSR count). The van der Waals surface area contributed by atoms with Gasteiger partial charge in [0.2, 0.25) is 0 Å². The van der Waals surface area contributed by atoms with Gasteiger partial charge in [0.05, 0.1) is 17.3 Å². The molecule has 2 heterocycles. The minimum absolute atomic E-state index is 0.234. The van der Waals surface area contributed by atoms with Crippen LogP contribution < -0.4 is 11.3 Å². The minimum Gasteiger partial charge on any atom is -0.325 e. The van der Waals surface area contributed by atoms with Gasteiger partial charge in [-0.1, -0.05) is 48.4 Å². The zero-order valence-corrected chi connectivity index (χ0v) is 16.9. The van der Waals surface area contributed by atoms with Crippen LogP contribution in [0, 0.1) is 11.8 Å². The summed E-state index contributed by atoms with van der Waals surface area (Å²) in [5, 5.41) is 14.6. The van der Waals surface area contributed by atoms with E-state index in [-0.39, 0.29) is 12.1 Å².